The highest BCUT2D eigenvalue weighted by atomic mass is 32.2. The van der Waals surface area contributed by atoms with Gasteiger partial charge in [-0.05, 0) is 66.2 Å². The molecular formula is C25H25FN4O6S. The van der Waals surface area contributed by atoms with Crippen molar-refractivity contribution in [3.63, 3.8) is 0 Å². The molecule has 0 bridgehead atoms. The molecule has 194 valence electrons. The minimum absolute atomic E-state index is 0.245. The second kappa shape index (κ2) is 12.5. The number of hydrazone groups is 1. The van der Waals surface area contributed by atoms with Gasteiger partial charge in [0.2, 0.25) is 10.0 Å². The average Bonchev–Trinajstić information content (AvgIpc) is 2.87. The lowest BCUT2D eigenvalue weighted by Crippen LogP contribution is -2.39. The summed E-state index contributed by atoms with van der Waals surface area (Å²) in [5.41, 5.74) is 3.65. The Hall–Kier alpha value is -4.45. The predicted molar refractivity (Wildman–Crippen MR) is 138 cm³/mol. The lowest BCUT2D eigenvalue weighted by atomic mass is 10.2. The van der Waals surface area contributed by atoms with Crippen LogP contribution < -0.4 is 24.5 Å². The number of nitrogens with zero attached hydrogens (tertiary/aromatic N) is 2. The maximum Gasteiger partial charge on any atom is 0.262 e. The van der Waals surface area contributed by atoms with Gasteiger partial charge in [-0.1, -0.05) is 6.07 Å². The van der Waals surface area contributed by atoms with Crippen LogP contribution in [0.2, 0.25) is 0 Å². The number of sulfonamides is 1. The van der Waals surface area contributed by atoms with E-state index in [1.54, 1.807) is 42.5 Å². The van der Waals surface area contributed by atoms with E-state index in [2.05, 4.69) is 15.8 Å². The fourth-order valence-corrected chi connectivity index (χ4v) is 3.89. The first-order chi connectivity index (χ1) is 17.6. The molecule has 0 aromatic heterocycles. The molecule has 3 rings (SSSR count). The fourth-order valence-electron chi connectivity index (χ4n) is 3.04. The van der Waals surface area contributed by atoms with E-state index < -0.39 is 34.2 Å². The number of carbonyl (C=O) groups excluding carboxylic acids is 2. The maximum absolute atomic E-state index is 12.9. The monoisotopic (exact) mass is 528 g/mol. The number of hydrogen-bond donors (Lipinski definition) is 2. The first-order valence-corrected chi connectivity index (χ1v) is 12.7. The van der Waals surface area contributed by atoms with Crippen molar-refractivity contribution in [3.05, 3.63) is 84.2 Å². The quantitative estimate of drug-likeness (QED) is 0.291. The van der Waals surface area contributed by atoms with Crippen molar-refractivity contribution < 1.29 is 31.9 Å². The van der Waals surface area contributed by atoms with Crippen molar-refractivity contribution in [1.82, 2.24) is 5.43 Å². The van der Waals surface area contributed by atoms with E-state index in [-0.39, 0.29) is 12.3 Å². The zero-order valence-corrected chi connectivity index (χ0v) is 20.9. The molecule has 37 heavy (non-hydrogen) atoms. The predicted octanol–water partition coefficient (Wildman–Crippen LogP) is 2.77. The normalized spacial score (nSPS) is 11.1. The number of rotatable bonds is 11. The van der Waals surface area contributed by atoms with Crippen LogP contribution in [0.15, 0.2) is 77.9 Å². The van der Waals surface area contributed by atoms with Gasteiger partial charge in [-0.25, -0.2) is 18.2 Å². The standard InChI is InChI=1S/C25H25FN4O6S/c1-35-23-5-3-4-21(14-23)30(37(2,33)34)16-24(31)29-27-15-18-6-12-22(13-7-18)36-17-25(32)28-20-10-8-19(26)9-11-20/h3-15H,16-17H2,1-2H3,(H,28,32)(H,29,31)/b27-15-. The van der Waals surface area contributed by atoms with Crippen molar-refractivity contribution in [3.8, 4) is 11.5 Å². The molecule has 0 saturated carbocycles. The Balaban J connectivity index is 1.50. The molecule has 0 unspecified atom stereocenters. The van der Waals surface area contributed by atoms with Crippen LogP contribution in [0.1, 0.15) is 5.56 Å². The molecule has 0 spiro atoms. The number of anilines is 2. The fraction of sp³-hybridized carbons (Fsp3) is 0.160. The summed E-state index contributed by atoms with van der Waals surface area (Å²) in [5, 5.41) is 6.45. The number of hydrogen-bond acceptors (Lipinski definition) is 7. The highest BCUT2D eigenvalue weighted by Crippen LogP contribution is 2.22. The third-order valence-electron chi connectivity index (χ3n) is 4.81. The molecule has 0 fully saturated rings. The third kappa shape index (κ3) is 8.61. The molecular weight excluding hydrogens is 503 g/mol. The highest BCUT2D eigenvalue weighted by Gasteiger charge is 2.21. The summed E-state index contributed by atoms with van der Waals surface area (Å²) < 4.78 is 48.8. The van der Waals surface area contributed by atoms with Crippen LogP contribution in [0.5, 0.6) is 11.5 Å². The van der Waals surface area contributed by atoms with Gasteiger partial charge < -0.3 is 14.8 Å². The van der Waals surface area contributed by atoms with Crippen LogP contribution >= 0.6 is 0 Å². The molecule has 0 heterocycles. The van der Waals surface area contributed by atoms with E-state index in [9.17, 15) is 22.4 Å². The van der Waals surface area contributed by atoms with E-state index in [1.165, 1.54) is 43.7 Å². The second-order valence-corrected chi connectivity index (χ2v) is 9.58. The number of halogens is 1. The molecule has 0 radical (unpaired) electrons. The molecule has 3 aromatic rings. The highest BCUT2D eigenvalue weighted by molar-refractivity contribution is 7.92. The van der Waals surface area contributed by atoms with Crippen molar-refractivity contribution in [2.75, 3.05) is 36.1 Å². The molecule has 0 saturated heterocycles. The minimum atomic E-state index is -3.74. The molecule has 2 amide bonds. The molecule has 0 aliphatic carbocycles. The summed E-state index contributed by atoms with van der Waals surface area (Å²) in [6.45, 7) is -0.721. The zero-order valence-electron chi connectivity index (χ0n) is 20.0. The number of ether oxygens (including phenoxy) is 2. The number of carbonyl (C=O) groups is 2. The topological polar surface area (TPSA) is 126 Å². The van der Waals surface area contributed by atoms with Crippen LogP contribution in [-0.2, 0) is 19.6 Å². The second-order valence-electron chi connectivity index (χ2n) is 7.68. The van der Waals surface area contributed by atoms with Crippen LogP contribution in [0.25, 0.3) is 0 Å². The van der Waals surface area contributed by atoms with Gasteiger partial charge >= 0.3 is 0 Å². The van der Waals surface area contributed by atoms with Crippen molar-refractivity contribution in [2.24, 2.45) is 5.10 Å². The van der Waals surface area contributed by atoms with E-state index in [1.807, 2.05) is 0 Å². The Morgan fingerprint density at radius 2 is 1.70 bits per heavy atom. The van der Waals surface area contributed by atoms with Gasteiger partial charge in [0.15, 0.2) is 6.61 Å². The summed E-state index contributed by atoms with van der Waals surface area (Å²) in [6.07, 6.45) is 2.37. The Kier molecular flexibility index (Phi) is 9.16. The third-order valence-corrected chi connectivity index (χ3v) is 5.95. The largest absolute Gasteiger partial charge is 0.497 e. The Morgan fingerprint density at radius 1 is 1.00 bits per heavy atom. The maximum atomic E-state index is 12.9. The van der Waals surface area contributed by atoms with Gasteiger partial charge in [-0.3, -0.25) is 13.9 Å². The molecule has 10 nitrogen and oxygen atoms in total. The van der Waals surface area contributed by atoms with Gasteiger partial charge in [0, 0.05) is 11.8 Å². The van der Waals surface area contributed by atoms with Crippen LogP contribution in [0, 0.1) is 5.82 Å². The molecule has 0 aliphatic heterocycles. The minimum Gasteiger partial charge on any atom is -0.497 e. The van der Waals surface area contributed by atoms with Gasteiger partial charge in [-0.2, -0.15) is 5.10 Å². The van der Waals surface area contributed by atoms with Gasteiger partial charge in [-0.15, -0.1) is 0 Å². The lowest BCUT2D eigenvalue weighted by Gasteiger charge is -2.21. The molecule has 0 atom stereocenters. The first kappa shape index (κ1) is 27.1. The molecule has 12 heteroatoms. The van der Waals surface area contributed by atoms with Crippen LogP contribution in [0.4, 0.5) is 15.8 Å². The Labute approximate surface area is 213 Å². The van der Waals surface area contributed by atoms with Crippen molar-refractivity contribution in [1.29, 1.82) is 0 Å². The summed E-state index contributed by atoms with van der Waals surface area (Å²) in [7, 11) is -2.29. The summed E-state index contributed by atoms with van der Waals surface area (Å²) >= 11 is 0. The smallest absolute Gasteiger partial charge is 0.262 e. The van der Waals surface area contributed by atoms with Crippen LogP contribution in [-0.4, -0.2) is 53.0 Å². The Bertz CT molecular complexity index is 1360. The molecule has 0 aliphatic rings. The molecule has 3 aromatic carbocycles. The summed E-state index contributed by atoms with van der Waals surface area (Å²) in [5.74, 6) is -0.571. The van der Waals surface area contributed by atoms with E-state index in [4.69, 9.17) is 9.47 Å². The zero-order chi connectivity index (χ0) is 26.8. The number of benzene rings is 3. The van der Waals surface area contributed by atoms with Gasteiger partial charge in [0.05, 0.1) is 25.3 Å². The van der Waals surface area contributed by atoms with Gasteiger partial charge in [0.1, 0.15) is 23.9 Å². The lowest BCUT2D eigenvalue weighted by molar-refractivity contribution is -0.119. The van der Waals surface area contributed by atoms with Gasteiger partial charge in [0.25, 0.3) is 11.8 Å². The van der Waals surface area contributed by atoms with E-state index >= 15 is 0 Å². The SMILES string of the molecule is COc1cccc(N(CC(=O)N/N=C\c2ccc(OCC(=O)Nc3ccc(F)cc3)cc2)S(C)(=O)=O)c1. The number of methoxy groups -OCH3 is 1. The average molecular weight is 529 g/mol. The van der Waals surface area contributed by atoms with E-state index in [0.717, 1.165) is 10.6 Å². The number of amides is 2. The summed E-state index contributed by atoms with van der Waals surface area (Å²) in [4.78, 5) is 24.3. The van der Waals surface area contributed by atoms with Crippen molar-refractivity contribution in [2.45, 2.75) is 0 Å². The number of nitrogens with one attached hydrogen (secondary N) is 2. The Morgan fingerprint density at radius 3 is 2.35 bits per heavy atom. The van der Waals surface area contributed by atoms with Crippen LogP contribution in [0.3, 0.4) is 0 Å². The molecule has 2 N–H and O–H groups in total. The van der Waals surface area contributed by atoms with E-state index in [0.29, 0.717) is 22.7 Å². The van der Waals surface area contributed by atoms with Crippen molar-refractivity contribution >= 4 is 39.4 Å². The summed E-state index contributed by atoms with van der Waals surface area (Å²) in [6, 6.07) is 18.2. The first-order valence-electron chi connectivity index (χ1n) is 10.9.